The van der Waals surface area contributed by atoms with Crippen LogP contribution in [0.3, 0.4) is 0 Å². The first-order valence-corrected chi connectivity index (χ1v) is 18.0. The molecule has 4 aromatic rings. The van der Waals surface area contributed by atoms with Gasteiger partial charge < -0.3 is 15.6 Å². The van der Waals surface area contributed by atoms with Crippen LogP contribution in [0.25, 0.3) is 11.8 Å². The fraction of sp³-hybridized carbons (Fsp3) is 0.286. The van der Waals surface area contributed by atoms with Gasteiger partial charge in [-0.3, -0.25) is 14.8 Å². The van der Waals surface area contributed by atoms with Crippen molar-refractivity contribution < 1.29 is 8.78 Å². The highest BCUT2D eigenvalue weighted by molar-refractivity contribution is 6.10. The van der Waals surface area contributed by atoms with Crippen molar-refractivity contribution >= 4 is 17.5 Å². The molecule has 5 aliphatic rings. The van der Waals surface area contributed by atoms with Crippen molar-refractivity contribution in [2.75, 3.05) is 26.2 Å². The van der Waals surface area contributed by atoms with Gasteiger partial charge in [0.05, 0.1) is 29.2 Å². The Labute approximate surface area is 297 Å². The summed E-state index contributed by atoms with van der Waals surface area (Å²) in [5, 5.41) is 3.30. The van der Waals surface area contributed by atoms with Gasteiger partial charge in [-0.1, -0.05) is 72.8 Å². The number of nitrogens with one attached hydrogen (secondary N) is 1. The van der Waals surface area contributed by atoms with E-state index in [9.17, 15) is 8.78 Å². The van der Waals surface area contributed by atoms with Gasteiger partial charge in [0, 0.05) is 57.0 Å². The summed E-state index contributed by atoms with van der Waals surface area (Å²) in [6, 6.07) is 24.3. The summed E-state index contributed by atoms with van der Waals surface area (Å²) in [4.78, 5) is 15.6. The number of aliphatic imine (C=N–C) groups is 1. The predicted octanol–water partition coefficient (Wildman–Crippen LogP) is 6.94. The average Bonchev–Trinajstić information content (AvgIpc) is 3.53. The van der Waals surface area contributed by atoms with E-state index in [0.29, 0.717) is 12.0 Å². The predicted molar refractivity (Wildman–Crippen MR) is 198 cm³/mol. The number of nitrogens with zero attached hydrogens (tertiary/aromatic N) is 5. The summed E-state index contributed by atoms with van der Waals surface area (Å²) in [5.41, 5.74) is 15.2. The highest BCUT2D eigenvalue weighted by Crippen LogP contribution is 2.44. The second kappa shape index (κ2) is 13.3. The lowest BCUT2D eigenvalue weighted by atomic mass is 9.78. The molecule has 0 bridgehead atoms. The largest absolute Gasteiger partial charge is 0.370 e. The van der Waals surface area contributed by atoms with Crippen LogP contribution in [-0.2, 0) is 0 Å². The molecule has 4 heterocycles. The van der Waals surface area contributed by atoms with E-state index in [1.165, 1.54) is 35.4 Å². The molecule has 0 spiro atoms. The number of hydrogen-bond donors (Lipinski definition) is 2. The molecular formula is C42H41F2N7. The molecule has 3 N–H and O–H groups in total. The molecule has 3 aliphatic heterocycles. The molecule has 0 radical (unpaired) electrons. The van der Waals surface area contributed by atoms with Gasteiger partial charge in [-0.05, 0) is 71.0 Å². The second-order valence-electron chi connectivity index (χ2n) is 14.2. The van der Waals surface area contributed by atoms with E-state index in [0.717, 1.165) is 85.1 Å². The molecule has 9 heteroatoms. The van der Waals surface area contributed by atoms with Crippen LogP contribution in [0, 0.1) is 11.6 Å². The van der Waals surface area contributed by atoms with E-state index < -0.39 is 0 Å². The number of benzene rings is 3. The van der Waals surface area contributed by atoms with Crippen LogP contribution in [0.4, 0.5) is 8.78 Å². The fourth-order valence-electron chi connectivity index (χ4n) is 8.43. The molecule has 258 valence electrons. The number of imidazole rings is 1. The van der Waals surface area contributed by atoms with Crippen molar-refractivity contribution in [2.45, 2.75) is 49.5 Å². The number of fused-ring (bicyclic) bond motifs is 2. The van der Waals surface area contributed by atoms with E-state index >= 15 is 0 Å². The van der Waals surface area contributed by atoms with Crippen LogP contribution < -0.4 is 11.1 Å². The normalized spacial score (nSPS) is 24.6. The first kappa shape index (κ1) is 32.0. The van der Waals surface area contributed by atoms with Crippen LogP contribution in [0.5, 0.6) is 0 Å². The highest BCUT2D eigenvalue weighted by atomic mass is 19.1. The Morgan fingerprint density at radius 2 is 1.49 bits per heavy atom. The number of hydrogen-bond acceptors (Lipinski definition) is 6. The Morgan fingerprint density at radius 1 is 0.804 bits per heavy atom. The van der Waals surface area contributed by atoms with Crippen LogP contribution in [0.2, 0.25) is 0 Å². The van der Waals surface area contributed by atoms with Crippen LogP contribution in [0.1, 0.15) is 71.3 Å². The third kappa shape index (κ3) is 6.09. The number of nitrogens with two attached hydrogens (primary N) is 1. The van der Waals surface area contributed by atoms with Gasteiger partial charge >= 0.3 is 0 Å². The Hall–Kier alpha value is -4.96. The van der Waals surface area contributed by atoms with Crippen molar-refractivity contribution in [3.05, 3.63) is 160 Å². The topological polar surface area (TPSA) is 74.7 Å². The van der Waals surface area contributed by atoms with E-state index in [-0.39, 0.29) is 29.9 Å². The van der Waals surface area contributed by atoms with Gasteiger partial charge in [0.2, 0.25) is 0 Å². The quantitative estimate of drug-likeness (QED) is 0.221. The molecule has 7 nitrogen and oxygen atoms in total. The maximum absolute atomic E-state index is 13.8. The third-order valence-electron chi connectivity index (χ3n) is 11.2. The molecule has 3 aromatic carbocycles. The molecular weight excluding hydrogens is 641 g/mol. The zero-order valence-electron chi connectivity index (χ0n) is 28.4. The van der Waals surface area contributed by atoms with Crippen molar-refractivity contribution in [1.29, 1.82) is 0 Å². The zero-order valence-corrected chi connectivity index (χ0v) is 28.4. The van der Waals surface area contributed by atoms with Crippen molar-refractivity contribution in [3.63, 3.8) is 0 Å². The Kier molecular flexibility index (Phi) is 8.34. The minimum atomic E-state index is -0.341. The monoisotopic (exact) mass is 681 g/mol. The molecule has 2 atom stereocenters. The smallest absolute Gasteiger partial charge is 0.123 e. The fourth-order valence-corrected chi connectivity index (χ4v) is 8.43. The molecule has 2 aliphatic carbocycles. The maximum atomic E-state index is 13.8. The van der Waals surface area contributed by atoms with Gasteiger partial charge in [-0.15, -0.1) is 0 Å². The molecule has 2 unspecified atom stereocenters. The number of dihydropyridines is 1. The summed E-state index contributed by atoms with van der Waals surface area (Å²) in [7, 11) is 0. The average molecular weight is 682 g/mol. The maximum Gasteiger partial charge on any atom is 0.123 e. The molecule has 2 fully saturated rings. The SMILES string of the molecule is NC1NC=Cn2c(C3CC(N4CCN(C(c5ccc(F)cc5)c5ccc(F)cc5)CC4)C3)nc(C3=CC=C4C=CC(c5ccccc5)=NC4C3)c21. The van der Waals surface area contributed by atoms with Crippen molar-refractivity contribution in [2.24, 2.45) is 10.7 Å². The first-order chi connectivity index (χ1) is 25.0. The number of allylic oxidation sites excluding steroid dienone is 3. The molecule has 0 amide bonds. The lowest BCUT2D eigenvalue weighted by molar-refractivity contribution is 0.0392. The lowest BCUT2D eigenvalue weighted by Gasteiger charge is -2.47. The van der Waals surface area contributed by atoms with E-state index in [1.54, 1.807) is 0 Å². The minimum absolute atomic E-state index is 0.0479. The second-order valence-corrected chi connectivity index (χ2v) is 14.2. The minimum Gasteiger partial charge on any atom is -0.370 e. The first-order valence-electron chi connectivity index (χ1n) is 18.0. The Balaban J connectivity index is 0.899. The third-order valence-corrected chi connectivity index (χ3v) is 11.2. The van der Waals surface area contributed by atoms with Gasteiger partial charge in [0.25, 0.3) is 0 Å². The van der Waals surface area contributed by atoms with E-state index in [1.807, 2.05) is 36.5 Å². The molecule has 9 rings (SSSR count). The van der Waals surface area contributed by atoms with Crippen LogP contribution in [0.15, 0.2) is 120 Å². The number of halogens is 2. The van der Waals surface area contributed by atoms with Gasteiger partial charge in [-0.2, -0.15) is 0 Å². The highest BCUT2D eigenvalue weighted by Gasteiger charge is 2.41. The molecule has 1 saturated heterocycles. The summed E-state index contributed by atoms with van der Waals surface area (Å²) < 4.78 is 29.9. The summed E-state index contributed by atoms with van der Waals surface area (Å²) in [5.74, 6) is 0.922. The van der Waals surface area contributed by atoms with E-state index in [4.69, 9.17) is 15.7 Å². The van der Waals surface area contributed by atoms with Crippen LogP contribution >= 0.6 is 0 Å². The standard InChI is InChI=1S/C42H41F2N7/c43-33-13-8-29(9-14-33)39(30-10-15-34(44)16-11-30)50-22-20-49(21-23-50)35-24-32(25-35)42-48-38(40-41(45)46-18-19-51(40)42)31-7-6-28-12-17-36(47-37(28)26-31)27-4-2-1-3-5-27/h1-19,32,35,37,39,41,46H,20-26,45H2. The van der Waals surface area contributed by atoms with E-state index in [2.05, 4.69) is 74.5 Å². The van der Waals surface area contributed by atoms with Gasteiger partial charge in [-0.25, -0.2) is 13.8 Å². The summed E-state index contributed by atoms with van der Waals surface area (Å²) in [6.07, 6.45) is 15.2. The van der Waals surface area contributed by atoms with Gasteiger partial charge in [0.1, 0.15) is 23.6 Å². The van der Waals surface area contributed by atoms with Crippen molar-refractivity contribution in [1.82, 2.24) is 24.7 Å². The number of piperazine rings is 1. The Bertz CT molecular complexity index is 2020. The van der Waals surface area contributed by atoms with Crippen molar-refractivity contribution in [3.8, 4) is 0 Å². The van der Waals surface area contributed by atoms with Crippen LogP contribution in [-0.4, -0.2) is 63.3 Å². The summed E-state index contributed by atoms with van der Waals surface area (Å²) >= 11 is 0. The molecule has 1 saturated carbocycles. The number of aromatic nitrogens is 2. The lowest BCUT2D eigenvalue weighted by Crippen LogP contribution is -2.54. The zero-order chi connectivity index (χ0) is 34.5. The molecule has 1 aromatic heterocycles. The van der Waals surface area contributed by atoms with Gasteiger partial charge in [0.15, 0.2) is 0 Å². The molecule has 51 heavy (non-hydrogen) atoms. The summed E-state index contributed by atoms with van der Waals surface area (Å²) in [6.45, 7) is 3.64. The number of rotatable bonds is 7. The Morgan fingerprint density at radius 3 is 2.18 bits per heavy atom.